The third kappa shape index (κ3) is 3.43. The average Bonchev–Trinajstić information content (AvgIpc) is 2.94. The largest absolute Gasteiger partial charge is 0.0616 e. The predicted octanol–water partition coefficient (Wildman–Crippen LogP) is 10.6. The molecule has 0 aromatic heterocycles. The van der Waals surface area contributed by atoms with Gasteiger partial charge in [0.1, 0.15) is 0 Å². The first-order chi connectivity index (χ1) is 17.9. The van der Waals surface area contributed by atoms with E-state index in [1.807, 2.05) is 0 Å². The Kier molecular flexibility index (Phi) is 5.64. The molecule has 6 aromatic carbocycles. The van der Waals surface area contributed by atoms with Crippen molar-refractivity contribution in [1.29, 1.82) is 0 Å². The number of hydrogen-bond donors (Lipinski definition) is 0. The van der Waals surface area contributed by atoms with Crippen molar-refractivity contribution in [2.75, 3.05) is 0 Å². The molecular weight excluding hydrogens is 444 g/mol. The van der Waals surface area contributed by atoms with Crippen molar-refractivity contribution in [3.8, 4) is 22.3 Å². The molecule has 0 atom stereocenters. The van der Waals surface area contributed by atoms with Crippen molar-refractivity contribution in [1.82, 2.24) is 0 Å². The lowest BCUT2D eigenvalue weighted by Crippen LogP contribution is -2.01. The van der Waals surface area contributed by atoms with Gasteiger partial charge in [0.25, 0.3) is 0 Å². The van der Waals surface area contributed by atoms with Crippen molar-refractivity contribution in [2.24, 2.45) is 0 Å². The van der Waals surface area contributed by atoms with Crippen molar-refractivity contribution in [3.05, 3.63) is 118 Å². The minimum atomic E-state index is 1.03. The van der Waals surface area contributed by atoms with Gasteiger partial charge in [-0.05, 0) is 129 Å². The van der Waals surface area contributed by atoms with Crippen LogP contribution in [-0.2, 0) is 6.42 Å². The molecule has 6 rings (SSSR count). The van der Waals surface area contributed by atoms with E-state index in [1.165, 1.54) is 88.0 Å². The van der Waals surface area contributed by atoms with Crippen LogP contribution in [0.5, 0.6) is 0 Å². The Morgan fingerprint density at radius 3 is 1.27 bits per heavy atom. The Labute approximate surface area is 220 Å². The molecule has 0 heterocycles. The summed E-state index contributed by atoms with van der Waals surface area (Å²) in [6.45, 7) is 13.7. The van der Waals surface area contributed by atoms with Crippen LogP contribution in [0, 0.1) is 34.6 Å². The fourth-order valence-corrected chi connectivity index (χ4v) is 6.45. The predicted molar refractivity (Wildman–Crippen MR) is 163 cm³/mol. The van der Waals surface area contributed by atoms with E-state index in [0.717, 1.165) is 6.42 Å². The molecule has 182 valence electrons. The molecule has 0 aliphatic carbocycles. The van der Waals surface area contributed by atoms with Gasteiger partial charge >= 0.3 is 0 Å². The smallest absolute Gasteiger partial charge is 0.00201 e. The van der Waals surface area contributed by atoms with Crippen LogP contribution in [-0.4, -0.2) is 0 Å². The molecule has 0 spiro atoms. The lowest BCUT2D eigenvalue weighted by molar-refractivity contribution is 1.16. The van der Waals surface area contributed by atoms with Crippen LogP contribution in [0.3, 0.4) is 0 Å². The Bertz CT molecular complexity index is 1760. The first-order valence-corrected chi connectivity index (χ1v) is 13.5. The quantitative estimate of drug-likeness (QED) is 0.222. The molecule has 0 N–H and O–H groups in total. The van der Waals surface area contributed by atoms with Crippen LogP contribution in [0.15, 0.2) is 84.9 Å². The van der Waals surface area contributed by atoms with Gasteiger partial charge in [0, 0.05) is 0 Å². The summed E-state index contributed by atoms with van der Waals surface area (Å²) in [5, 5.41) is 7.98. The molecule has 0 amide bonds. The molecule has 37 heavy (non-hydrogen) atoms. The summed E-state index contributed by atoms with van der Waals surface area (Å²) >= 11 is 0. The van der Waals surface area contributed by atoms with Gasteiger partial charge in [0.05, 0.1) is 0 Å². The van der Waals surface area contributed by atoms with E-state index < -0.39 is 0 Å². The van der Waals surface area contributed by atoms with Crippen LogP contribution < -0.4 is 0 Å². The number of aryl methyl sites for hydroxylation is 1. The standard InChI is InChI=1S/C37H34/c1-7-27-20-21-34(29-15-9-8-14-28(27)29)36-30-16-10-12-18-32(30)37(33-19-13-11-17-31(33)36)35-25(5)23(3)22(2)24(4)26(35)6/h8-21H,7H2,1-6H3. The molecular formula is C37H34. The van der Waals surface area contributed by atoms with E-state index in [9.17, 15) is 0 Å². The average molecular weight is 479 g/mol. The van der Waals surface area contributed by atoms with E-state index in [0.29, 0.717) is 0 Å². The van der Waals surface area contributed by atoms with E-state index in [2.05, 4.69) is 126 Å². The lowest BCUT2D eigenvalue weighted by Gasteiger charge is -2.24. The van der Waals surface area contributed by atoms with E-state index in [-0.39, 0.29) is 0 Å². The zero-order valence-electron chi connectivity index (χ0n) is 22.8. The van der Waals surface area contributed by atoms with Crippen molar-refractivity contribution in [3.63, 3.8) is 0 Å². The lowest BCUT2D eigenvalue weighted by atomic mass is 9.80. The highest BCUT2D eigenvalue weighted by molar-refractivity contribution is 6.24. The molecule has 0 unspecified atom stereocenters. The molecule has 0 heteroatoms. The summed E-state index contributed by atoms with van der Waals surface area (Å²) in [5.74, 6) is 0. The molecule has 0 fully saturated rings. The summed E-state index contributed by atoms with van der Waals surface area (Å²) in [5.41, 5.74) is 13.8. The number of hydrogen-bond acceptors (Lipinski definition) is 0. The zero-order chi connectivity index (χ0) is 25.8. The molecule has 6 aromatic rings. The highest BCUT2D eigenvalue weighted by atomic mass is 14.2. The normalized spacial score (nSPS) is 11.6. The van der Waals surface area contributed by atoms with Gasteiger partial charge in [-0.3, -0.25) is 0 Å². The third-order valence-electron chi connectivity index (χ3n) is 8.85. The molecule has 0 aliphatic rings. The summed E-state index contributed by atoms with van der Waals surface area (Å²) in [7, 11) is 0. The highest BCUT2D eigenvalue weighted by Crippen LogP contribution is 2.47. The van der Waals surface area contributed by atoms with E-state index in [4.69, 9.17) is 0 Å². The van der Waals surface area contributed by atoms with Crippen LogP contribution >= 0.6 is 0 Å². The van der Waals surface area contributed by atoms with Crippen LogP contribution in [0.4, 0.5) is 0 Å². The molecule has 0 bridgehead atoms. The van der Waals surface area contributed by atoms with E-state index in [1.54, 1.807) is 0 Å². The Balaban J connectivity index is 1.84. The van der Waals surface area contributed by atoms with Gasteiger partial charge in [-0.15, -0.1) is 0 Å². The number of rotatable bonds is 3. The van der Waals surface area contributed by atoms with Gasteiger partial charge in [0.2, 0.25) is 0 Å². The van der Waals surface area contributed by atoms with Crippen LogP contribution in [0.1, 0.15) is 40.3 Å². The highest BCUT2D eigenvalue weighted by Gasteiger charge is 2.22. The molecule has 0 nitrogen and oxygen atoms in total. The fraction of sp³-hybridized carbons (Fsp3) is 0.189. The second-order valence-corrected chi connectivity index (χ2v) is 10.5. The fourth-order valence-electron chi connectivity index (χ4n) is 6.45. The Morgan fingerprint density at radius 1 is 0.378 bits per heavy atom. The van der Waals surface area contributed by atoms with Gasteiger partial charge in [-0.1, -0.05) is 91.9 Å². The Morgan fingerprint density at radius 2 is 0.784 bits per heavy atom. The number of fused-ring (bicyclic) bond motifs is 3. The summed E-state index contributed by atoms with van der Waals surface area (Å²) in [6, 6.07) is 31.7. The van der Waals surface area contributed by atoms with Crippen molar-refractivity contribution < 1.29 is 0 Å². The summed E-state index contributed by atoms with van der Waals surface area (Å²) in [6.07, 6.45) is 1.03. The van der Waals surface area contributed by atoms with Gasteiger partial charge in [-0.2, -0.15) is 0 Å². The van der Waals surface area contributed by atoms with Crippen LogP contribution in [0.25, 0.3) is 54.6 Å². The molecule has 0 saturated heterocycles. The second kappa shape index (κ2) is 8.89. The minimum absolute atomic E-state index is 1.03. The second-order valence-electron chi connectivity index (χ2n) is 10.5. The SMILES string of the molecule is CCc1ccc(-c2c3ccccc3c(-c3c(C)c(C)c(C)c(C)c3C)c3ccccc23)c2ccccc12. The maximum atomic E-state index is 2.35. The monoisotopic (exact) mass is 478 g/mol. The Hall–Kier alpha value is -3.90. The van der Waals surface area contributed by atoms with Gasteiger partial charge < -0.3 is 0 Å². The van der Waals surface area contributed by atoms with Crippen molar-refractivity contribution in [2.45, 2.75) is 48.0 Å². The van der Waals surface area contributed by atoms with Crippen molar-refractivity contribution >= 4 is 32.3 Å². The molecule has 0 aliphatic heterocycles. The maximum absolute atomic E-state index is 2.35. The topological polar surface area (TPSA) is 0 Å². The third-order valence-corrected chi connectivity index (χ3v) is 8.85. The first kappa shape index (κ1) is 23.5. The summed E-state index contributed by atoms with van der Waals surface area (Å²) < 4.78 is 0. The van der Waals surface area contributed by atoms with Gasteiger partial charge in [0.15, 0.2) is 0 Å². The minimum Gasteiger partial charge on any atom is -0.0616 e. The molecule has 0 saturated carbocycles. The van der Waals surface area contributed by atoms with Crippen LogP contribution in [0.2, 0.25) is 0 Å². The summed E-state index contributed by atoms with van der Waals surface area (Å²) in [4.78, 5) is 0. The van der Waals surface area contributed by atoms with Gasteiger partial charge in [-0.25, -0.2) is 0 Å². The maximum Gasteiger partial charge on any atom is -0.00201 e. The molecule has 0 radical (unpaired) electrons. The first-order valence-electron chi connectivity index (χ1n) is 13.5. The number of benzene rings is 6. The zero-order valence-corrected chi connectivity index (χ0v) is 22.8. The van der Waals surface area contributed by atoms with E-state index >= 15 is 0 Å².